The molecule has 12 nitrogen and oxygen atoms in total. The van der Waals surface area contributed by atoms with Gasteiger partial charge in [0.1, 0.15) is 5.60 Å². The Morgan fingerprint density at radius 2 is 1.78 bits per heavy atom. The van der Waals surface area contributed by atoms with Crippen molar-refractivity contribution in [2.24, 2.45) is 0 Å². The lowest BCUT2D eigenvalue weighted by atomic mass is 10.00. The lowest BCUT2D eigenvalue weighted by Gasteiger charge is -2.36. The van der Waals surface area contributed by atoms with Crippen molar-refractivity contribution in [2.75, 3.05) is 54.6 Å². The summed E-state index contributed by atoms with van der Waals surface area (Å²) >= 11 is 0. The summed E-state index contributed by atoms with van der Waals surface area (Å²) in [7, 11) is -3.85. The fraction of sp³-hybridized carbons (Fsp3) is 0.364. The molecule has 13 heteroatoms. The quantitative estimate of drug-likeness (QED) is 0.292. The van der Waals surface area contributed by atoms with Gasteiger partial charge in [0, 0.05) is 63.3 Å². The minimum Gasteiger partial charge on any atom is -0.444 e. The summed E-state index contributed by atoms with van der Waals surface area (Å²) in [6.45, 7) is 10.9. The molecule has 0 aliphatic carbocycles. The number of nitrogens with one attached hydrogen (secondary N) is 1. The first kappa shape index (κ1) is 31.4. The molecule has 0 spiro atoms. The fourth-order valence-corrected chi connectivity index (χ4v) is 7.31. The molecule has 242 valence electrons. The molecule has 2 aromatic heterocycles. The maximum atomic E-state index is 14.1. The summed E-state index contributed by atoms with van der Waals surface area (Å²) in [6.07, 6.45) is 3.16. The van der Waals surface area contributed by atoms with E-state index in [-0.39, 0.29) is 16.9 Å². The zero-order valence-corrected chi connectivity index (χ0v) is 27.4. The normalized spacial score (nSPS) is 17.2. The monoisotopic (exact) mass is 644 g/mol. The number of nitrogen functional groups attached to an aromatic ring is 1. The smallest absolute Gasteiger partial charge is 0.410 e. The molecule has 2 aromatic carbocycles. The SMILES string of the molecule is Cc1ccc(S(=O)(=O)N2CC(CN3CCN(C(=O)OC(C)(C)C)CC3)c3ccc(Nc4nc(-n5cccn5)ccc4N)cc32)cc1. The van der Waals surface area contributed by atoms with Crippen LogP contribution in [0.15, 0.2) is 78.0 Å². The Hall–Kier alpha value is -4.62. The topological polar surface area (TPSA) is 139 Å². The lowest BCUT2D eigenvalue weighted by Crippen LogP contribution is -2.51. The molecule has 1 unspecified atom stereocenters. The number of nitrogens with two attached hydrogens (primary N) is 1. The Kier molecular flexibility index (Phi) is 8.38. The van der Waals surface area contributed by atoms with Gasteiger partial charge >= 0.3 is 6.09 Å². The van der Waals surface area contributed by atoms with Gasteiger partial charge in [0.05, 0.1) is 16.3 Å². The van der Waals surface area contributed by atoms with Crippen LogP contribution >= 0.6 is 0 Å². The molecular formula is C33H40N8O4S. The Morgan fingerprint density at radius 3 is 2.46 bits per heavy atom. The number of rotatable bonds is 7. The van der Waals surface area contributed by atoms with Crippen molar-refractivity contribution in [1.29, 1.82) is 0 Å². The fourth-order valence-electron chi connectivity index (χ4n) is 5.78. The average Bonchev–Trinajstić information content (AvgIpc) is 3.67. The predicted octanol–water partition coefficient (Wildman–Crippen LogP) is 4.75. The molecule has 1 fully saturated rings. The third kappa shape index (κ3) is 6.65. The second-order valence-corrected chi connectivity index (χ2v) is 14.6. The Balaban J connectivity index is 1.26. The number of hydrogen-bond donors (Lipinski definition) is 2. The van der Waals surface area contributed by atoms with Crippen LogP contribution in [-0.2, 0) is 14.8 Å². The molecule has 1 atom stereocenters. The van der Waals surface area contributed by atoms with Crippen molar-refractivity contribution in [3.8, 4) is 5.82 Å². The highest BCUT2D eigenvalue weighted by Crippen LogP contribution is 2.42. The number of piperazine rings is 1. The van der Waals surface area contributed by atoms with Gasteiger partial charge in [0.2, 0.25) is 0 Å². The molecule has 0 bridgehead atoms. The van der Waals surface area contributed by atoms with Crippen LogP contribution in [0, 0.1) is 6.92 Å². The highest BCUT2D eigenvalue weighted by Gasteiger charge is 2.38. The van der Waals surface area contributed by atoms with Crippen molar-refractivity contribution in [1.82, 2.24) is 24.6 Å². The number of pyridine rings is 1. The molecule has 4 aromatic rings. The largest absolute Gasteiger partial charge is 0.444 e. The third-order valence-corrected chi connectivity index (χ3v) is 9.94. The number of amides is 1. The number of ether oxygens (including phenoxy) is 1. The summed E-state index contributed by atoms with van der Waals surface area (Å²) in [5.41, 5.74) is 9.38. The lowest BCUT2D eigenvalue weighted by molar-refractivity contribution is 0.0142. The second kappa shape index (κ2) is 12.3. The van der Waals surface area contributed by atoms with Crippen LogP contribution in [0.5, 0.6) is 0 Å². The van der Waals surface area contributed by atoms with Gasteiger partial charge in [-0.2, -0.15) is 5.10 Å². The van der Waals surface area contributed by atoms with Crippen LogP contribution in [0.4, 0.5) is 27.7 Å². The molecule has 1 saturated heterocycles. The minimum atomic E-state index is -3.85. The number of carbonyl (C=O) groups excluding carboxylic acids is 1. The van der Waals surface area contributed by atoms with Gasteiger partial charge in [-0.15, -0.1) is 0 Å². The first-order chi connectivity index (χ1) is 21.9. The number of hydrogen-bond acceptors (Lipinski definition) is 9. The van der Waals surface area contributed by atoms with Crippen LogP contribution in [0.25, 0.3) is 5.82 Å². The first-order valence-electron chi connectivity index (χ1n) is 15.3. The van der Waals surface area contributed by atoms with Crippen LogP contribution in [-0.4, -0.2) is 83.9 Å². The number of carbonyl (C=O) groups is 1. The number of sulfonamides is 1. The number of aryl methyl sites for hydroxylation is 1. The van der Waals surface area contributed by atoms with E-state index >= 15 is 0 Å². The van der Waals surface area contributed by atoms with E-state index in [9.17, 15) is 13.2 Å². The zero-order chi connectivity index (χ0) is 32.6. The summed E-state index contributed by atoms with van der Waals surface area (Å²) in [6, 6.07) is 18.0. The van der Waals surface area contributed by atoms with Crippen molar-refractivity contribution >= 4 is 39.0 Å². The van der Waals surface area contributed by atoms with Gasteiger partial charge in [-0.05, 0) is 75.7 Å². The van der Waals surface area contributed by atoms with Gasteiger partial charge in [-0.1, -0.05) is 23.8 Å². The van der Waals surface area contributed by atoms with Crippen molar-refractivity contribution in [2.45, 2.75) is 44.1 Å². The number of benzene rings is 2. The van der Waals surface area contributed by atoms with E-state index in [1.165, 1.54) is 4.31 Å². The van der Waals surface area contributed by atoms with E-state index in [0.717, 1.165) is 11.1 Å². The maximum absolute atomic E-state index is 14.1. The number of aromatic nitrogens is 3. The van der Waals surface area contributed by atoms with Gasteiger partial charge < -0.3 is 20.7 Å². The highest BCUT2D eigenvalue weighted by molar-refractivity contribution is 7.92. The number of nitrogens with zero attached hydrogens (tertiary/aromatic N) is 6. The van der Waals surface area contributed by atoms with E-state index in [1.807, 2.05) is 64.1 Å². The van der Waals surface area contributed by atoms with E-state index in [1.54, 1.807) is 46.2 Å². The molecule has 46 heavy (non-hydrogen) atoms. The van der Waals surface area contributed by atoms with E-state index in [2.05, 4.69) is 20.3 Å². The second-order valence-electron chi connectivity index (χ2n) is 12.8. The Morgan fingerprint density at radius 1 is 1.04 bits per heavy atom. The summed E-state index contributed by atoms with van der Waals surface area (Å²) < 4.78 is 36.8. The Labute approximate surface area is 269 Å². The van der Waals surface area contributed by atoms with Crippen LogP contribution in [0.2, 0.25) is 0 Å². The Bertz CT molecular complexity index is 1810. The van der Waals surface area contributed by atoms with Crippen molar-refractivity contribution < 1.29 is 17.9 Å². The molecule has 0 saturated carbocycles. The summed E-state index contributed by atoms with van der Waals surface area (Å²) in [5, 5.41) is 7.54. The molecule has 2 aliphatic rings. The van der Waals surface area contributed by atoms with E-state index < -0.39 is 15.6 Å². The first-order valence-corrected chi connectivity index (χ1v) is 16.8. The number of anilines is 4. The van der Waals surface area contributed by atoms with Gasteiger partial charge in [-0.25, -0.2) is 22.9 Å². The standard InChI is InChI=1S/C33H40N8O4S/c1-23-6-9-26(10-7-23)46(43,44)41-22-24(21-38-16-18-39(19-17-38)32(42)45-33(2,3)4)27-11-8-25(20-29(27)41)36-31-28(34)12-13-30(37-31)40-15-5-14-35-40/h5-15,20,24H,16-19,21-22,34H2,1-4H3,(H,36,37). The molecule has 4 heterocycles. The van der Waals surface area contributed by atoms with Gasteiger partial charge in [0.15, 0.2) is 11.6 Å². The molecule has 3 N–H and O–H groups in total. The van der Waals surface area contributed by atoms with Crippen molar-refractivity contribution in [3.05, 3.63) is 84.2 Å². The summed E-state index contributed by atoms with van der Waals surface area (Å²) in [5.74, 6) is 0.972. The molecular weight excluding hydrogens is 604 g/mol. The maximum Gasteiger partial charge on any atom is 0.410 e. The van der Waals surface area contributed by atoms with Crippen molar-refractivity contribution in [3.63, 3.8) is 0 Å². The van der Waals surface area contributed by atoms with E-state index in [4.69, 9.17) is 10.5 Å². The van der Waals surface area contributed by atoms with Crippen LogP contribution in [0.1, 0.15) is 37.8 Å². The highest BCUT2D eigenvalue weighted by atomic mass is 32.2. The molecule has 1 amide bonds. The summed E-state index contributed by atoms with van der Waals surface area (Å²) in [4.78, 5) is 21.5. The van der Waals surface area contributed by atoms with Crippen LogP contribution < -0.4 is 15.4 Å². The van der Waals surface area contributed by atoms with E-state index in [0.29, 0.717) is 68.0 Å². The molecule has 0 radical (unpaired) electrons. The van der Waals surface area contributed by atoms with Crippen LogP contribution in [0.3, 0.4) is 0 Å². The minimum absolute atomic E-state index is 0.0660. The molecule has 6 rings (SSSR count). The average molecular weight is 645 g/mol. The number of fused-ring (bicyclic) bond motifs is 1. The van der Waals surface area contributed by atoms with Gasteiger partial charge in [-0.3, -0.25) is 9.21 Å². The van der Waals surface area contributed by atoms with Gasteiger partial charge in [0.25, 0.3) is 10.0 Å². The third-order valence-electron chi connectivity index (χ3n) is 8.15. The zero-order valence-electron chi connectivity index (χ0n) is 26.6. The molecule has 2 aliphatic heterocycles. The predicted molar refractivity (Wildman–Crippen MR) is 178 cm³/mol.